The molecule has 3 aliphatic rings. The van der Waals surface area contributed by atoms with Gasteiger partial charge in [-0.1, -0.05) is 12.8 Å². The van der Waals surface area contributed by atoms with Gasteiger partial charge in [-0.15, -0.1) is 0 Å². The number of nitrogens with one attached hydrogen (secondary N) is 2. The standard InChI is InChI=1S/C14H20N4O4/c19-11-13(21)17(7-5-15-11)9-3-1-2-4-10(9)18-8-6-16-12(20)14(18)22/h9-10H,1-8H2,(H,15,19)(H,16,20). The van der Waals surface area contributed by atoms with E-state index in [0.29, 0.717) is 26.2 Å². The van der Waals surface area contributed by atoms with Gasteiger partial charge in [0.2, 0.25) is 0 Å². The van der Waals surface area contributed by atoms with Crippen LogP contribution in [-0.4, -0.2) is 71.7 Å². The summed E-state index contributed by atoms with van der Waals surface area (Å²) in [6.45, 7) is 1.78. The molecule has 2 atom stereocenters. The highest BCUT2D eigenvalue weighted by molar-refractivity contribution is 6.36. The maximum atomic E-state index is 12.1. The van der Waals surface area contributed by atoms with Gasteiger partial charge in [-0.05, 0) is 12.8 Å². The number of carbonyl (C=O) groups is 4. The van der Waals surface area contributed by atoms with Crippen LogP contribution < -0.4 is 10.6 Å². The van der Waals surface area contributed by atoms with E-state index in [4.69, 9.17) is 0 Å². The van der Waals surface area contributed by atoms with Crippen molar-refractivity contribution in [3.63, 3.8) is 0 Å². The van der Waals surface area contributed by atoms with Gasteiger partial charge >= 0.3 is 23.6 Å². The number of nitrogens with zero attached hydrogens (tertiary/aromatic N) is 2. The molecule has 2 N–H and O–H groups in total. The fourth-order valence-corrected chi connectivity index (χ4v) is 3.65. The van der Waals surface area contributed by atoms with Crippen molar-refractivity contribution in [3.05, 3.63) is 0 Å². The molecule has 0 radical (unpaired) electrons. The van der Waals surface area contributed by atoms with Gasteiger partial charge in [0.05, 0.1) is 12.1 Å². The Bertz CT molecular complexity index is 475. The lowest BCUT2D eigenvalue weighted by Crippen LogP contribution is -2.65. The first kappa shape index (κ1) is 14.8. The lowest BCUT2D eigenvalue weighted by atomic mass is 9.87. The lowest BCUT2D eigenvalue weighted by molar-refractivity contribution is -0.156. The quantitative estimate of drug-likeness (QED) is 0.589. The highest BCUT2D eigenvalue weighted by Crippen LogP contribution is 2.28. The zero-order valence-corrected chi connectivity index (χ0v) is 12.3. The molecule has 2 unspecified atom stereocenters. The highest BCUT2D eigenvalue weighted by Gasteiger charge is 2.42. The third kappa shape index (κ3) is 2.53. The Balaban J connectivity index is 1.81. The van der Waals surface area contributed by atoms with Crippen molar-refractivity contribution in [3.8, 4) is 0 Å². The van der Waals surface area contributed by atoms with Crippen molar-refractivity contribution in [1.82, 2.24) is 20.4 Å². The van der Waals surface area contributed by atoms with Crippen molar-refractivity contribution in [2.45, 2.75) is 37.8 Å². The summed E-state index contributed by atoms with van der Waals surface area (Å²) in [6.07, 6.45) is 3.44. The Morgan fingerprint density at radius 1 is 0.727 bits per heavy atom. The first-order valence-corrected chi connectivity index (χ1v) is 7.77. The van der Waals surface area contributed by atoms with Gasteiger partial charge in [0, 0.05) is 26.2 Å². The summed E-state index contributed by atoms with van der Waals surface area (Å²) in [6, 6.07) is -0.357. The molecule has 2 aliphatic heterocycles. The maximum absolute atomic E-state index is 12.1. The van der Waals surface area contributed by atoms with Gasteiger partial charge in [0.15, 0.2) is 0 Å². The van der Waals surface area contributed by atoms with Crippen LogP contribution in [0.5, 0.6) is 0 Å². The fraction of sp³-hybridized carbons (Fsp3) is 0.714. The van der Waals surface area contributed by atoms with Crippen LogP contribution in [0.3, 0.4) is 0 Å². The SMILES string of the molecule is O=C1NCCN(C2CCCCC2N2CCNC(=O)C2=O)C1=O. The molecular weight excluding hydrogens is 288 g/mol. The summed E-state index contributed by atoms with van der Waals surface area (Å²) in [5.41, 5.74) is 0. The summed E-state index contributed by atoms with van der Waals surface area (Å²) in [4.78, 5) is 50.6. The summed E-state index contributed by atoms with van der Waals surface area (Å²) in [5.74, 6) is -2.23. The number of amides is 4. The van der Waals surface area contributed by atoms with E-state index in [-0.39, 0.29) is 12.1 Å². The van der Waals surface area contributed by atoms with E-state index in [0.717, 1.165) is 25.7 Å². The van der Waals surface area contributed by atoms with Crippen LogP contribution >= 0.6 is 0 Å². The molecule has 4 amide bonds. The molecule has 22 heavy (non-hydrogen) atoms. The molecule has 2 heterocycles. The molecule has 3 fully saturated rings. The minimum atomic E-state index is -0.585. The van der Waals surface area contributed by atoms with E-state index >= 15 is 0 Å². The van der Waals surface area contributed by atoms with Crippen LogP contribution in [0.15, 0.2) is 0 Å². The van der Waals surface area contributed by atoms with Crippen molar-refractivity contribution >= 4 is 23.6 Å². The summed E-state index contributed by atoms with van der Waals surface area (Å²) >= 11 is 0. The second kappa shape index (κ2) is 5.94. The molecule has 0 aromatic rings. The minimum Gasteiger partial charge on any atom is -0.346 e. The second-order valence-corrected chi connectivity index (χ2v) is 5.93. The van der Waals surface area contributed by atoms with E-state index in [9.17, 15) is 19.2 Å². The lowest BCUT2D eigenvalue weighted by Gasteiger charge is -2.46. The molecule has 8 heteroatoms. The average molecular weight is 308 g/mol. The largest absolute Gasteiger partial charge is 0.346 e. The minimum absolute atomic E-state index is 0.179. The molecule has 2 saturated heterocycles. The number of hydrogen-bond acceptors (Lipinski definition) is 4. The fourth-order valence-electron chi connectivity index (χ4n) is 3.65. The molecular formula is C14H20N4O4. The smallest absolute Gasteiger partial charge is 0.312 e. The van der Waals surface area contributed by atoms with Gasteiger partial charge in [-0.25, -0.2) is 0 Å². The van der Waals surface area contributed by atoms with Crippen LogP contribution in [0.25, 0.3) is 0 Å². The molecule has 1 saturated carbocycles. The van der Waals surface area contributed by atoms with E-state index in [1.54, 1.807) is 9.80 Å². The third-order valence-electron chi connectivity index (χ3n) is 4.68. The summed E-state index contributed by atoms with van der Waals surface area (Å²) in [5, 5.41) is 5.07. The van der Waals surface area contributed by atoms with Gasteiger partial charge in [-0.3, -0.25) is 19.2 Å². The molecule has 0 spiro atoms. The Morgan fingerprint density at radius 2 is 1.14 bits per heavy atom. The van der Waals surface area contributed by atoms with Crippen molar-refractivity contribution < 1.29 is 19.2 Å². The zero-order chi connectivity index (χ0) is 15.7. The zero-order valence-electron chi connectivity index (χ0n) is 12.3. The highest BCUT2D eigenvalue weighted by atomic mass is 16.2. The van der Waals surface area contributed by atoms with Crippen molar-refractivity contribution in [2.24, 2.45) is 0 Å². The van der Waals surface area contributed by atoms with Crippen molar-refractivity contribution in [2.75, 3.05) is 26.2 Å². The van der Waals surface area contributed by atoms with E-state index in [2.05, 4.69) is 10.6 Å². The summed E-state index contributed by atoms with van der Waals surface area (Å²) in [7, 11) is 0. The molecule has 0 aromatic heterocycles. The van der Waals surface area contributed by atoms with Gasteiger partial charge < -0.3 is 20.4 Å². The average Bonchev–Trinajstić information content (AvgIpc) is 2.53. The number of carbonyl (C=O) groups excluding carboxylic acids is 4. The molecule has 8 nitrogen and oxygen atoms in total. The van der Waals surface area contributed by atoms with Gasteiger partial charge in [-0.2, -0.15) is 0 Å². The van der Waals surface area contributed by atoms with E-state index in [1.807, 2.05) is 0 Å². The molecule has 0 bridgehead atoms. The van der Waals surface area contributed by atoms with Crippen LogP contribution in [0.2, 0.25) is 0 Å². The van der Waals surface area contributed by atoms with Gasteiger partial charge in [0.1, 0.15) is 0 Å². The first-order chi connectivity index (χ1) is 10.6. The normalized spacial score (nSPS) is 30.2. The topological polar surface area (TPSA) is 98.8 Å². The Labute approximate surface area is 128 Å². The summed E-state index contributed by atoms with van der Waals surface area (Å²) < 4.78 is 0. The second-order valence-electron chi connectivity index (χ2n) is 5.93. The van der Waals surface area contributed by atoms with Crippen LogP contribution in [0.1, 0.15) is 25.7 Å². The third-order valence-corrected chi connectivity index (χ3v) is 4.68. The Kier molecular flexibility index (Phi) is 4.00. The van der Waals surface area contributed by atoms with E-state index in [1.165, 1.54) is 0 Å². The van der Waals surface area contributed by atoms with Gasteiger partial charge in [0.25, 0.3) is 0 Å². The number of piperazine rings is 2. The van der Waals surface area contributed by atoms with E-state index < -0.39 is 23.6 Å². The van der Waals surface area contributed by atoms with Crippen LogP contribution in [0, 0.1) is 0 Å². The molecule has 3 rings (SSSR count). The van der Waals surface area contributed by atoms with Crippen LogP contribution in [0.4, 0.5) is 0 Å². The van der Waals surface area contributed by atoms with Crippen molar-refractivity contribution in [1.29, 1.82) is 0 Å². The predicted molar refractivity (Wildman–Crippen MR) is 75.5 cm³/mol. The predicted octanol–water partition coefficient (Wildman–Crippen LogP) is -1.79. The number of rotatable bonds is 2. The number of hydrogen-bond donors (Lipinski definition) is 2. The Morgan fingerprint density at radius 3 is 1.55 bits per heavy atom. The molecule has 120 valence electrons. The monoisotopic (exact) mass is 308 g/mol. The first-order valence-electron chi connectivity index (χ1n) is 7.77. The Hall–Kier alpha value is -2.12. The maximum Gasteiger partial charge on any atom is 0.312 e. The molecule has 1 aliphatic carbocycles. The molecule has 0 aromatic carbocycles. The van der Waals surface area contributed by atoms with Crippen LogP contribution in [-0.2, 0) is 19.2 Å².